The minimum absolute atomic E-state index is 0.124. The molecule has 0 aliphatic heterocycles. The van der Waals surface area contributed by atoms with Crippen LogP contribution in [0.3, 0.4) is 0 Å². The summed E-state index contributed by atoms with van der Waals surface area (Å²) in [6.45, 7) is 2.00. The fraction of sp³-hybridized carbons (Fsp3) is 0.500. The highest BCUT2D eigenvalue weighted by molar-refractivity contribution is 5.86. The van der Waals surface area contributed by atoms with Crippen LogP contribution < -0.4 is 5.43 Å². The molecular weight excluding hydrogens is 164 g/mol. The third kappa shape index (κ3) is 1.91. The number of amides is 1. The Labute approximate surface area is 77.7 Å². The second-order valence-electron chi connectivity index (χ2n) is 3.69. The Bertz CT molecular complexity index is 288. The molecule has 0 saturated heterocycles. The molecule has 1 unspecified atom stereocenters. The Morgan fingerprint density at radius 3 is 2.62 bits per heavy atom. The largest absolute Gasteiger partial charge is 0.273 e. The number of rotatable bonds is 3. The lowest BCUT2D eigenvalue weighted by molar-refractivity contribution is -0.120. The lowest BCUT2D eigenvalue weighted by Crippen LogP contribution is -2.28. The minimum Gasteiger partial charge on any atom is -0.273 e. The van der Waals surface area contributed by atoms with E-state index in [1.54, 1.807) is 4.68 Å². The first-order chi connectivity index (χ1) is 6.27. The van der Waals surface area contributed by atoms with Gasteiger partial charge in [-0.3, -0.25) is 14.9 Å². The maximum Gasteiger partial charge on any atom is 0.241 e. The van der Waals surface area contributed by atoms with Crippen molar-refractivity contribution in [1.82, 2.24) is 4.68 Å². The van der Waals surface area contributed by atoms with E-state index in [-0.39, 0.29) is 11.8 Å². The summed E-state index contributed by atoms with van der Waals surface area (Å²) in [6.07, 6.45) is 6.08. The van der Waals surface area contributed by atoms with E-state index >= 15 is 0 Å². The van der Waals surface area contributed by atoms with Gasteiger partial charge in [0.05, 0.1) is 0 Å². The summed E-state index contributed by atoms with van der Waals surface area (Å²) in [7, 11) is 0. The highest BCUT2D eigenvalue weighted by atomic mass is 16.2. The fourth-order valence-corrected chi connectivity index (χ4v) is 1.45. The van der Waals surface area contributed by atoms with Crippen molar-refractivity contribution < 1.29 is 4.79 Å². The van der Waals surface area contributed by atoms with E-state index in [1.165, 1.54) is 12.8 Å². The lowest BCUT2D eigenvalue weighted by Gasteiger charge is -2.11. The second-order valence-corrected chi connectivity index (χ2v) is 3.69. The Kier molecular flexibility index (Phi) is 2.08. The zero-order chi connectivity index (χ0) is 9.26. The molecule has 0 aromatic carbocycles. The average Bonchev–Trinajstić information content (AvgIpc) is 2.85. The molecule has 70 valence electrons. The van der Waals surface area contributed by atoms with Crippen LogP contribution in [0.2, 0.25) is 0 Å². The van der Waals surface area contributed by atoms with E-state index < -0.39 is 0 Å². The molecule has 0 radical (unpaired) electrons. The summed E-state index contributed by atoms with van der Waals surface area (Å²) in [5, 5.41) is 0. The molecule has 1 amide bonds. The van der Waals surface area contributed by atoms with Crippen LogP contribution in [0.4, 0.5) is 0 Å². The molecule has 1 saturated carbocycles. The van der Waals surface area contributed by atoms with E-state index in [9.17, 15) is 4.79 Å². The van der Waals surface area contributed by atoms with Crippen LogP contribution >= 0.6 is 0 Å². The number of hydrogen-bond acceptors (Lipinski definition) is 1. The van der Waals surface area contributed by atoms with Gasteiger partial charge in [0.2, 0.25) is 5.91 Å². The Morgan fingerprint density at radius 1 is 1.46 bits per heavy atom. The quantitative estimate of drug-likeness (QED) is 0.749. The molecule has 1 heterocycles. The fourth-order valence-electron chi connectivity index (χ4n) is 1.45. The van der Waals surface area contributed by atoms with Crippen LogP contribution in [-0.4, -0.2) is 10.6 Å². The van der Waals surface area contributed by atoms with Gasteiger partial charge in [-0.2, -0.15) is 0 Å². The number of nitrogens with one attached hydrogen (secondary N) is 1. The van der Waals surface area contributed by atoms with Gasteiger partial charge >= 0.3 is 0 Å². The predicted molar refractivity (Wildman–Crippen MR) is 50.7 cm³/mol. The van der Waals surface area contributed by atoms with Gasteiger partial charge in [-0.05, 0) is 30.9 Å². The van der Waals surface area contributed by atoms with Crippen molar-refractivity contribution in [2.24, 2.45) is 11.8 Å². The average molecular weight is 178 g/mol. The van der Waals surface area contributed by atoms with Gasteiger partial charge in [-0.1, -0.05) is 6.92 Å². The smallest absolute Gasteiger partial charge is 0.241 e. The van der Waals surface area contributed by atoms with E-state index in [0.717, 1.165) is 0 Å². The summed E-state index contributed by atoms with van der Waals surface area (Å²) in [4.78, 5) is 11.6. The first-order valence-corrected chi connectivity index (χ1v) is 4.71. The first kappa shape index (κ1) is 8.35. The van der Waals surface area contributed by atoms with Crippen LogP contribution in [0.1, 0.15) is 19.8 Å². The Hall–Kier alpha value is -1.25. The highest BCUT2D eigenvalue weighted by Crippen LogP contribution is 2.36. The maximum atomic E-state index is 11.6. The van der Waals surface area contributed by atoms with Crippen LogP contribution in [0.5, 0.6) is 0 Å². The first-order valence-electron chi connectivity index (χ1n) is 4.71. The number of nitrogens with zero attached hydrogens (tertiary/aromatic N) is 1. The molecule has 1 aliphatic carbocycles. The molecule has 1 aromatic heterocycles. The van der Waals surface area contributed by atoms with Gasteiger partial charge in [0.15, 0.2) is 0 Å². The van der Waals surface area contributed by atoms with Crippen LogP contribution in [0.15, 0.2) is 24.5 Å². The van der Waals surface area contributed by atoms with E-state index in [0.29, 0.717) is 5.92 Å². The summed E-state index contributed by atoms with van der Waals surface area (Å²) < 4.78 is 1.70. The van der Waals surface area contributed by atoms with Crippen molar-refractivity contribution in [3.05, 3.63) is 24.5 Å². The van der Waals surface area contributed by atoms with Crippen LogP contribution in [-0.2, 0) is 4.79 Å². The van der Waals surface area contributed by atoms with Crippen molar-refractivity contribution in [3.8, 4) is 0 Å². The summed E-state index contributed by atoms with van der Waals surface area (Å²) >= 11 is 0. The molecule has 1 fully saturated rings. The van der Waals surface area contributed by atoms with Crippen molar-refractivity contribution in [2.45, 2.75) is 19.8 Å². The van der Waals surface area contributed by atoms with Crippen molar-refractivity contribution >= 4 is 5.91 Å². The monoisotopic (exact) mass is 178 g/mol. The van der Waals surface area contributed by atoms with Crippen molar-refractivity contribution in [3.63, 3.8) is 0 Å². The lowest BCUT2D eigenvalue weighted by atomic mass is 10.1. The van der Waals surface area contributed by atoms with E-state index in [4.69, 9.17) is 0 Å². The predicted octanol–water partition coefficient (Wildman–Crippen LogP) is 1.60. The number of aromatic nitrogens is 1. The van der Waals surface area contributed by atoms with Gasteiger partial charge in [-0.15, -0.1) is 0 Å². The zero-order valence-electron chi connectivity index (χ0n) is 7.73. The third-order valence-corrected chi connectivity index (χ3v) is 2.59. The maximum absolute atomic E-state index is 11.6. The van der Waals surface area contributed by atoms with Gasteiger partial charge in [-0.25, -0.2) is 0 Å². The SMILES string of the molecule is CC(C(=O)Nn1cccc1)C1CC1. The second kappa shape index (κ2) is 3.24. The normalized spacial score (nSPS) is 18.2. The van der Waals surface area contributed by atoms with E-state index in [2.05, 4.69) is 5.43 Å². The number of hydrogen-bond donors (Lipinski definition) is 1. The van der Waals surface area contributed by atoms with Gasteiger partial charge < -0.3 is 0 Å². The standard InChI is InChI=1S/C10H14N2O/c1-8(9-4-5-9)10(13)11-12-6-2-3-7-12/h2-3,6-9H,4-5H2,1H3,(H,11,13). The Balaban J connectivity index is 1.90. The molecule has 0 spiro atoms. The number of carbonyl (C=O) groups is 1. The number of carbonyl (C=O) groups excluding carboxylic acids is 1. The summed E-state index contributed by atoms with van der Waals surface area (Å²) in [5.74, 6) is 0.900. The molecule has 3 nitrogen and oxygen atoms in total. The molecule has 13 heavy (non-hydrogen) atoms. The molecular formula is C10H14N2O. The van der Waals surface area contributed by atoms with Crippen LogP contribution in [0.25, 0.3) is 0 Å². The zero-order valence-corrected chi connectivity index (χ0v) is 7.73. The minimum atomic E-state index is 0.124. The van der Waals surface area contributed by atoms with Gasteiger partial charge in [0.1, 0.15) is 0 Å². The van der Waals surface area contributed by atoms with Gasteiger partial charge in [0.25, 0.3) is 0 Å². The molecule has 3 heteroatoms. The molecule has 1 aliphatic rings. The molecule has 0 bridgehead atoms. The highest BCUT2D eigenvalue weighted by Gasteiger charge is 2.32. The van der Waals surface area contributed by atoms with Crippen LogP contribution in [0, 0.1) is 11.8 Å². The molecule has 1 N–H and O–H groups in total. The molecule has 1 aromatic rings. The Morgan fingerprint density at radius 2 is 2.08 bits per heavy atom. The third-order valence-electron chi connectivity index (χ3n) is 2.59. The van der Waals surface area contributed by atoms with E-state index in [1.807, 2.05) is 31.5 Å². The van der Waals surface area contributed by atoms with Crippen molar-refractivity contribution in [1.29, 1.82) is 0 Å². The van der Waals surface area contributed by atoms with Crippen molar-refractivity contribution in [2.75, 3.05) is 5.43 Å². The topological polar surface area (TPSA) is 34.0 Å². The summed E-state index contributed by atoms with van der Waals surface area (Å²) in [5.41, 5.74) is 2.82. The molecule has 2 rings (SSSR count). The summed E-state index contributed by atoms with van der Waals surface area (Å²) in [6, 6.07) is 3.78. The van der Waals surface area contributed by atoms with Gasteiger partial charge in [0, 0.05) is 18.3 Å². The molecule has 1 atom stereocenters.